The van der Waals surface area contributed by atoms with Gasteiger partial charge >= 0.3 is 0 Å². The zero-order chi connectivity index (χ0) is 13.9. The molecule has 4 heteroatoms. The summed E-state index contributed by atoms with van der Waals surface area (Å²) in [6, 6.07) is 14.5. The van der Waals surface area contributed by atoms with E-state index in [4.69, 9.17) is 14.6 Å². The van der Waals surface area contributed by atoms with Crippen LogP contribution in [0.5, 0.6) is 0 Å². The number of primary amides is 1. The van der Waals surface area contributed by atoms with Gasteiger partial charge in [0.1, 0.15) is 17.4 Å². The second-order valence-electron chi connectivity index (χ2n) is 4.42. The van der Waals surface area contributed by atoms with Gasteiger partial charge in [-0.15, -0.1) is 0 Å². The average Bonchev–Trinajstić information content (AvgIpc) is 3.13. The molecule has 0 unspecified atom stereocenters. The molecule has 2 heterocycles. The number of benzene rings is 1. The van der Waals surface area contributed by atoms with Gasteiger partial charge in [0.25, 0.3) is 0 Å². The Morgan fingerprint density at radius 1 is 0.900 bits per heavy atom. The van der Waals surface area contributed by atoms with E-state index in [0.29, 0.717) is 17.1 Å². The smallest absolute Gasteiger partial charge is 0.249 e. The molecule has 2 aromatic heterocycles. The van der Waals surface area contributed by atoms with Crippen molar-refractivity contribution in [3.05, 3.63) is 83.7 Å². The highest BCUT2D eigenvalue weighted by atomic mass is 16.3. The van der Waals surface area contributed by atoms with Gasteiger partial charge in [-0.3, -0.25) is 4.79 Å². The second-order valence-corrected chi connectivity index (χ2v) is 4.42. The van der Waals surface area contributed by atoms with Gasteiger partial charge in [-0.1, -0.05) is 18.2 Å². The lowest BCUT2D eigenvalue weighted by molar-refractivity contribution is 0.0999. The van der Waals surface area contributed by atoms with Crippen molar-refractivity contribution in [1.82, 2.24) is 0 Å². The minimum absolute atomic E-state index is 0.288. The van der Waals surface area contributed by atoms with E-state index in [-0.39, 0.29) is 5.92 Å². The molecule has 0 saturated carbocycles. The van der Waals surface area contributed by atoms with Crippen molar-refractivity contribution < 1.29 is 13.6 Å². The topological polar surface area (TPSA) is 69.4 Å². The second kappa shape index (κ2) is 5.09. The molecule has 1 aromatic carbocycles. The molecule has 0 aliphatic heterocycles. The monoisotopic (exact) mass is 267 g/mol. The molecule has 3 aromatic rings. The van der Waals surface area contributed by atoms with E-state index in [2.05, 4.69) is 0 Å². The first-order valence-electron chi connectivity index (χ1n) is 6.23. The summed E-state index contributed by atoms with van der Waals surface area (Å²) in [5.74, 6) is 0.648. The number of carbonyl (C=O) groups is 1. The Morgan fingerprint density at radius 3 is 2.00 bits per heavy atom. The predicted octanol–water partition coefficient (Wildman–Crippen LogP) is 3.15. The Bertz CT molecular complexity index is 665. The van der Waals surface area contributed by atoms with Gasteiger partial charge in [-0.05, 0) is 35.9 Å². The molecule has 1 amide bonds. The Morgan fingerprint density at radius 2 is 1.50 bits per heavy atom. The molecule has 2 N–H and O–H groups in total. The molecule has 0 spiro atoms. The van der Waals surface area contributed by atoms with Crippen LogP contribution in [0, 0.1) is 0 Å². The molecule has 0 saturated heterocycles. The molecule has 0 aliphatic carbocycles. The number of furan rings is 2. The third-order valence-corrected chi connectivity index (χ3v) is 3.19. The minimum atomic E-state index is -0.469. The number of amides is 1. The van der Waals surface area contributed by atoms with Crippen LogP contribution in [0.2, 0.25) is 0 Å². The number of carbonyl (C=O) groups excluding carboxylic acids is 1. The number of rotatable bonds is 4. The Balaban J connectivity index is 2.19. The Hall–Kier alpha value is -2.75. The summed E-state index contributed by atoms with van der Waals surface area (Å²) in [6.07, 6.45) is 3.19. The fraction of sp³-hybridized carbons (Fsp3) is 0.0625. The van der Waals surface area contributed by atoms with Gasteiger partial charge in [-0.25, -0.2) is 0 Å². The number of hydrogen-bond donors (Lipinski definition) is 1. The maximum atomic E-state index is 11.6. The van der Waals surface area contributed by atoms with Gasteiger partial charge in [-0.2, -0.15) is 0 Å². The van der Waals surface area contributed by atoms with E-state index in [1.807, 2.05) is 24.3 Å². The van der Waals surface area contributed by atoms with Crippen LogP contribution in [-0.2, 0) is 0 Å². The van der Waals surface area contributed by atoms with Crippen LogP contribution in [-0.4, -0.2) is 5.91 Å². The van der Waals surface area contributed by atoms with Crippen molar-refractivity contribution in [2.24, 2.45) is 5.73 Å². The first-order chi connectivity index (χ1) is 9.77. The summed E-state index contributed by atoms with van der Waals surface area (Å²) in [6.45, 7) is 0. The quantitative estimate of drug-likeness (QED) is 0.789. The molecule has 0 aliphatic rings. The SMILES string of the molecule is NC(=O)c1ccccc1C(c1ccco1)c1ccco1. The van der Waals surface area contributed by atoms with E-state index in [0.717, 1.165) is 5.56 Å². The van der Waals surface area contributed by atoms with E-state index in [9.17, 15) is 4.79 Å². The van der Waals surface area contributed by atoms with Crippen LogP contribution in [0.4, 0.5) is 0 Å². The minimum Gasteiger partial charge on any atom is -0.468 e. The van der Waals surface area contributed by atoms with Crippen LogP contribution < -0.4 is 5.73 Å². The van der Waals surface area contributed by atoms with Crippen LogP contribution in [0.3, 0.4) is 0 Å². The van der Waals surface area contributed by atoms with Crippen molar-refractivity contribution in [3.63, 3.8) is 0 Å². The first kappa shape index (κ1) is 12.3. The maximum absolute atomic E-state index is 11.6. The van der Waals surface area contributed by atoms with Crippen LogP contribution >= 0.6 is 0 Å². The molecular formula is C16H13NO3. The van der Waals surface area contributed by atoms with Gasteiger partial charge in [0.05, 0.1) is 12.5 Å². The molecule has 3 rings (SSSR count). The summed E-state index contributed by atoms with van der Waals surface area (Å²) < 4.78 is 11.0. The summed E-state index contributed by atoms with van der Waals surface area (Å²) in [5.41, 5.74) is 6.69. The van der Waals surface area contributed by atoms with Gasteiger partial charge in [0.2, 0.25) is 5.91 Å². The summed E-state index contributed by atoms with van der Waals surface area (Å²) >= 11 is 0. The highest BCUT2D eigenvalue weighted by molar-refractivity contribution is 5.94. The van der Waals surface area contributed by atoms with E-state index >= 15 is 0 Å². The third-order valence-electron chi connectivity index (χ3n) is 3.19. The van der Waals surface area contributed by atoms with E-state index < -0.39 is 5.91 Å². The third kappa shape index (κ3) is 2.12. The molecule has 4 nitrogen and oxygen atoms in total. The van der Waals surface area contributed by atoms with E-state index in [1.165, 1.54) is 0 Å². The van der Waals surface area contributed by atoms with Gasteiger partial charge in [0.15, 0.2) is 0 Å². The number of hydrogen-bond acceptors (Lipinski definition) is 3. The van der Waals surface area contributed by atoms with Crippen molar-refractivity contribution in [2.75, 3.05) is 0 Å². The maximum Gasteiger partial charge on any atom is 0.249 e. The lowest BCUT2D eigenvalue weighted by Crippen LogP contribution is -2.16. The lowest BCUT2D eigenvalue weighted by atomic mass is 9.90. The van der Waals surface area contributed by atoms with Crippen molar-refractivity contribution in [2.45, 2.75) is 5.92 Å². The molecule has 100 valence electrons. The normalized spacial score (nSPS) is 10.8. The standard InChI is InChI=1S/C16H13NO3/c17-16(18)12-6-2-1-5-11(12)15(13-7-3-9-19-13)14-8-4-10-20-14/h1-10,15H,(H2,17,18). The van der Waals surface area contributed by atoms with Crippen LogP contribution in [0.1, 0.15) is 33.4 Å². The fourth-order valence-corrected chi connectivity index (χ4v) is 2.33. The molecule has 20 heavy (non-hydrogen) atoms. The number of nitrogens with two attached hydrogens (primary N) is 1. The zero-order valence-electron chi connectivity index (χ0n) is 10.7. The first-order valence-corrected chi connectivity index (χ1v) is 6.23. The zero-order valence-corrected chi connectivity index (χ0v) is 10.7. The molecule has 0 radical (unpaired) electrons. The fourth-order valence-electron chi connectivity index (χ4n) is 2.33. The molecule has 0 bridgehead atoms. The Labute approximate surface area is 115 Å². The average molecular weight is 267 g/mol. The largest absolute Gasteiger partial charge is 0.468 e. The predicted molar refractivity (Wildman–Crippen MR) is 73.3 cm³/mol. The van der Waals surface area contributed by atoms with Gasteiger partial charge in [0, 0.05) is 5.56 Å². The molecule has 0 atom stereocenters. The summed E-state index contributed by atoms with van der Waals surface area (Å²) in [5, 5.41) is 0. The highest BCUT2D eigenvalue weighted by Gasteiger charge is 2.25. The summed E-state index contributed by atoms with van der Waals surface area (Å²) in [7, 11) is 0. The summed E-state index contributed by atoms with van der Waals surface area (Å²) in [4.78, 5) is 11.6. The van der Waals surface area contributed by atoms with Crippen LogP contribution in [0.25, 0.3) is 0 Å². The van der Waals surface area contributed by atoms with E-state index in [1.54, 1.807) is 36.8 Å². The lowest BCUT2D eigenvalue weighted by Gasteiger charge is -2.15. The van der Waals surface area contributed by atoms with Crippen LogP contribution in [0.15, 0.2) is 69.9 Å². The van der Waals surface area contributed by atoms with Crippen molar-refractivity contribution in [1.29, 1.82) is 0 Å². The van der Waals surface area contributed by atoms with Gasteiger partial charge < -0.3 is 14.6 Å². The molecular weight excluding hydrogens is 254 g/mol. The molecule has 0 fully saturated rings. The van der Waals surface area contributed by atoms with Crippen molar-refractivity contribution >= 4 is 5.91 Å². The Kier molecular flexibility index (Phi) is 3.13. The highest BCUT2D eigenvalue weighted by Crippen LogP contribution is 2.34. The van der Waals surface area contributed by atoms with Crippen molar-refractivity contribution in [3.8, 4) is 0 Å².